The van der Waals surface area contributed by atoms with Crippen LogP contribution in [0.4, 0.5) is 13.2 Å². The quantitative estimate of drug-likeness (QED) is 0.758. The van der Waals surface area contributed by atoms with Crippen LogP contribution >= 0.6 is 11.6 Å². The molecule has 134 valence electrons. The van der Waals surface area contributed by atoms with Gasteiger partial charge in [0, 0.05) is 22.9 Å². The monoisotopic (exact) mass is 389 g/mol. The molecule has 3 atom stereocenters. The first-order chi connectivity index (χ1) is 11.8. The van der Waals surface area contributed by atoms with Crippen molar-refractivity contribution in [2.45, 2.75) is 35.3 Å². The Labute approximate surface area is 150 Å². The summed E-state index contributed by atoms with van der Waals surface area (Å²) in [5.41, 5.74) is -0.114. The number of alkyl halides is 3. The summed E-state index contributed by atoms with van der Waals surface area (Å²) in [4.78, 5) is 4.39. The summed E-state index contributed by atoms with van der Waals surface area (Å²) in [6.45, 7) is 0.379. The second-order valence-electron chi connectivity index (χ2n) is 5.73. The van der Waals surface area contributed by atoms with Gasteiger partial charge in [0.05, 0.1) is 27.1 Å². The second-order valence-corrected chi connectivity index (χ2v) is 7.90. The minimum Gasteiger partial charge on any atom is -0.372 e. The lowest BCUT2D eigenvalue weighted by Crippen LogP contribution is -2.28. The van der Waals surface area contributed by atoms with E-state index in [0.29, 0.717) is 30.2 Å². The summed E-state index contributed by atoms with van der Waals surface area (Å²) in [5, 5.41) is 0.211. The molecule has 2 aromatic rings. The van der Waals surface area contributed by atoms with Crippen LogP contribution in [0.1, 0.15) is 30.2 Å². The third kappa shape index (κ3) is 4.40. The van der Waals surface area contributed by atoms with Crippen molar-refractivity contribution in [2.24, 2.45) is 0 Å². The number of rotatable bonds is 3. The smallest absolute Gasteiger partial charge is 0.372 e. The van der Waals surface area contributed by atoms with Gasteiger partial charge in [-0.2, -0.15) is 13.2 Å². The molecule has 3 rings (SSSR count). The number of pyridine rings is 1. The molecule has 0 radical (unpaired) electrons. The first-order valence-corrected chi connectivity index (χ1v) is 9.24. The molecule has 0 spiro atoms. The third-order valence-electron chi connectivity index (χ3n) is 4.01. The van der Waals surface area contributed by atoms with Gasteiger partial charge in [0.25, 0.3) is 0 Å². The molecule has 0 aliphatic carbocycles. The van der Waals surface area contributed by atoms with Gasteiger partial charge in [-0.1, -0.05) is 17.7 Å². The van der Waals surface area contributed by atoms with E-state index in [4.69, 9.17) is 16.3 Å². The highest BCUT2D eigenvalue weighted by Gasteiger charge is 2.33. The molecule has 2 heterocycles. The van der Waals surface area contributed by atoms with Crippen molar-refractivity contribution in [2.75, 3.05) is 6.61 Å². The van der Waals surface area contributed by atoms with Gasteiger partial charge in [0.15, 0.2) is 0 Å². The first kappa shape index (κ1) is 18.4. The molecule has 0 bridgehead atoms. The Hall–Kier alpha value is -1.44. The molecule has 25 heavy (non-hydrogen) atoms. The highest BCUT2D eigenvalue weighted by atomic mass is 35.5. The van der Waals surface area contributed by atoms with Crippen LogP contribution in [0.25, 0.3) is 0 Å². The van der Waals surface area contributed by atoms with Crippen LogP contribution in [0.5, 0.6) is 0 Å². The van der Waals surface area contributed by atoms with Gasteiger partial charge in [-0.15, -0.1) is 0 Å². The lowest BCUT2D eigenvalue weighted by molar-refractivity contribution is -0.137. The topological polar surface area (TPSA) is 39.2 Å². The van der Waals surface area contributed by atoms with Crippen molar-refractivity contribution in [1.82, 2.24) is 4.98 Å². The van der Waals surface area contributed by atoms with Crippen LogP contribution in [0.15, 0.2) is 47.5 Å². The van der Waals surface area contributed by atoms with Gasteiger partial charge < -0.3 is 4.74 Å². The van der Waals surface area contributed by atoms with Crippen LogP contribution in [-0.4, -0.2) is 21.0 Å². The fourth-order valence-corrected chi connectivity index (χ4v) is 4.35. The van der Waals surface area contributed by atoms with Crippen molar-refractivity contribution >= 4 is 22.4 Å². The van der Waals surface area contributed by atoms with Gasteiger partial charge in [-0.3, -0.25) is 9.19 Å². The normalized spacial score (nSPS) is 22.6. The number of hydrogen-bond acceptors (Lipinski definition) is 3. The number of benzene rings is 1. The van der Waals surface area contributed by atoms with E-state index in [2.05, 4.69) is 4.98 Å². The van der Waals surface area contributed by atoms with Crippen LogP contribution in [-0.2, 0) is 21.7 Å². The Bertz CT molecular complexity index is 767. The largest absolute Gasteiger partial charge is 0.416 e. The molecule has 8 heteroatoms. The molecule has 1 fully saturated rings. The average molecular weight is 390 g/mol. The first-order valence-electron chi connectivity index (χ1n) is 7.65. The Balaban J connectivity index is 1.77. The summed E-state index contributed by atoms with van der Waals surface area (Å²) in [7, 11) is -1.55. The maximum Gasteiger partial charge on any atom is 0.416 e. The zero-order valence-corrected chi connectivity index (χ0v) is 14.6. The molecule has 0 amide bonds. The van der Waals surface area contributed by atoms with E-state index in [1.165, 1.54) is 18.3 Å². The van der Waals surface area contributed by atoms with Crippen molar-refractivity contribution in [3.05, 3.63) is 58.9 Å². The van der Waals surface area contributed by atoms with Crippen molar-refractivity contribution < 1.29 is 22.1 Å². The van der Waals surface area contributed by atoms with Gasteiger partial charge in [-0.05, 0) is 43.2 Å². The lowest BCUT2D eigenvalue weighted by atomic mass is 10.1. The highest BCUT2D eigenvalue weighted by Crippen LogP contribution is 2.34. The predicted molar refractivity (Wildman–Crippen MR) is 88.8 cm³/mol. The van der Waals surface area contributed by atoms with Crippen molar-refractivity contribution in [3.8, 4) is 0 Å². The lowest BCUT2D eigenvalue weighted by Gasteiger charge is -2.28. The second kappa shape index (κ2) is 7.43. The molecule has 1 aromatic carbocycles. The maximum absolute atomic E-state index is 12.9. The minimum absolute atomic E-state index is 0.185. The van der Waals surface area contributed by atoms with E-state index in [-0.39, 0.29) is 16.2 Å². The van der Waals surface area contributed by atoms with E-state index >= 15 is 0 Å². The van der Waals surface area contributed by atoms with E-state index in [9.17, 15) is 17.4 Å². The summed E-state index contributed by atoms with van der Waals surface area (Å²) >= 11 is 5.82. The van der Waals surface area contributed by atoms with E-state index in [1.807, 2.05) is 0 Å². The van der Waals surface area contributed by atoms with E-state index < -0.39 is 22.5 Å². The van der Waals surface area contributed by atoms with Gasteiger partial charge in [0.1, 0.15) is 6.10 Å². The Morgan fingerprint density at radius 3 is 2.72 bits per heavy atom. The zero-order valence-electron chi connectivity index (χ0n) is 13.0. The van der Waals surface area contributed by atoms with E-state index in [1.54, 1.807) is 12.1 Å². The highest BCUT2D eigenvalue weighted by molar-refractivity contribution is 7.85. The molecule has 3 nitrogen and oxygen atoms in total. The van der Waals surface area contributed by atoms with E-state index in [0.717, 1.165) is 12.1 Å². The number of aromatic nitrogens is 1. The maximum atomic E-state index is 12.9. The predicted octanol–water partition coefficient (Wildman–Crippen LogP) is 4.78. The number of nitrogens with zero attached hydrogens (tertiary/aromatic N) is 1. The summed E-state index contributed by atoms with van der Waals surface area (Å²) in [6, 6.07) is 8.12. The summed E-state index contributed by atoms with van der Waals surface area (Å²) in [5.74, 6) is 0. The van der Waals surface area contributed by atoms with Crippen LogP contribution in [0.3, 0.4) is 0 Å². The minimum atomic E-state index is -4.45. The van der Waals surface area contributed by atoms with Gasteiger partial charge in [-0.25, -0.2) is 0 Å². The van der Waals surface area contributed by atoms with Crippen LogP contribution < -0.4 is 0 Å². The zero-order chi connectivity index (χ0) is 18.0. The fourth-order valence-electron chi connectivity index (χ4n) is 2.73. The number of halogens is 4. The van der Waals surface area contributed by atoms with Gasteiger partial charge in [0.2, 0.25) is 0 Å². The average Bonchev–Trinajstić information content (AvgIpc) is 2.61. The summed E-state index contributed by atoms with van der Waals surface area (Å²) in [6.07, 6.45) is -2.34. The SMILES string of the molecule is O=S(c1cccc(C(F)(F)F)c1)C1CCOC(c2ccc(Cl)cn2)C1. The molecular weight excluding hydrogens is 375 g/mol. The molecule has 0 saturated carbocycles. The molecule has 1 aliphatic rings. The third-order valence-corrected chi connectivity index (χ3v) is 5.99. The van der Waals surface area contributed by atoms with Crippen LogP contribution in [0, 0.1) is 0 Å². The molecule has 1 saturated heterocycles. The van der Waals surface area contributed by atoms with Crippen molar-refractivity contribution in [1.29, 1.82) is 0 Å². The molecule has 3 unspecified atom stereocenters. The molecular formula is C17H15ClF3NO2S. The van der Waals surface area contributed by atoms with Crippen LogP contribution in [0.2, 0.25) is 5.02 Å². The van der Waals surface area contributed by atoms with Gasteiger partial charge >= 0.3 is 6.18 Å². The molecule has 1 aliphatic heterocycles. The Morgan fingerprint density at radius 2 is 2.04 bits per heavy atom. The fraction of sp³-hybridized carbons (Fsp3) is 0.353. The Kier molecular flexibility index (Phi) is 5.46. The summed E-state index contributed by atoms with van der Waals surface area (Å²) < 4.78 is 57.0. The Morgan fingerprint density at radius 1 is 1.24 bits per heavy atom. The molecule has 1 aromatic heterocycles. The number of hydrogen-bond donors (Lipinski definition) is 0. The standard InChI is InChI=1S/C17H15ClF3NO2S/c18-12-4-5-15(22-10-12)16-9-14(6-7-24-16)25(23)13-3-1-2-11(8-13)17(19,20)21/h1-5,8,10,14,16H,6-7,9H2. The molecule has 0 N–H and O–H groups in total. The van der Waals surface area contributed by atoms with Crippen molar-refractivity contribution in [3.63, 3.8) is 0 Å². The number of ether oxygens (including phenoxy) is 1.